The number of carbonyl (C=O) groups is 1. The molecule has 0 aliphatic rings. The van der Waals surface area contributed by atoms with Crippen LogP contribution in [-0.2, 0) is 0 Å². The predicted octanol–water partition coefficient (Wildman–Crippen LogP) is 3.28. The molecule has 0 spiro atoms. The minimum Gasteiger partial charge on any atom is -0.383 e. The molecule has 0 radical (unpaired) electrons. The summed E-state index contributed by atoms with van der Waals surface area (Å²) in [6.07, 6.45) is 3.33. The fourth-order valence-corrected chi connectivity index (χ4v) is 1.11. The molecular formula is C14H21NO. The number of benzene rings is 1. The zero-order chi connectivity index (χ0) is 12.6. The molecule has 0 fully saturated rings. The molecular weight excluding hydrogens is 198 g/mol. The van der Waals surface area contributed by atoms with Crippen molar-refractivity contribution in [2.45, 2.75) is 20.8 Å². The zero-order valence-corrected chi connectivity index (χ0v) is 10.8. The third-order valence-electron chi connectivity index (χ3n) is 1.83. The molecule has 0 saturated carbocycles. The Morgan fingerprint density at radius 3 is 2.38 bits per heavy atom. The van der Waals surface area contributed by atoms with Crippen molar-refractivity contribution < 1.29 is 4.79 Å². The lowest BCUT2D eigenvalue weighted by molar-refractivity contribution is 0.104. The maximum absolute atomic E-state index is 11.6. The van der Waals surface area contributed by atoms with Crippen LogP contribution in [-0.4, -0.2) is 24.8 Å². The summed E-state index contributed by atoms with van der Waals surface area (Å²) in [7, 11) is 3.78. The van der Waals surface area contributed by atoms with Crippen LogP contribution in [0, 0.1) is 6.92 Å². The maximum Gasteiger partial charge on any atom is 0.187 e. The SMILES string of the molecule is CC.Cc1cccc(C(=O)/C=C/N(C)C)c1. The number of rotatable bonds is 3. The van der Waals surface area contributed by atoms with E-state index in [0.29, 0.717) is 0 Å². The van der Waals surface area contributed by atoms with E-state index in [0.717, 1.165) is 11.1 Å². The first-order valence-electron chi connectivity index (χ1n) is 5.55. The molecule has 0 atom stereocenters. The average Bonchev–Trinajstić information content (AvgIpc) is 2.28. The molecule has 88 valence electrons. The van der Waals surface area contributed by atoms with Crippen molar-refractivity contribution in [3.8, 4) is 0 Å². The van der Waals surface area contributed by atoms with E-state index in [4.69, 9.17) is 0 Å². The van der Waals surface area contributed by atoms with Crippen molar-refractivity contribution in [1.29, 1.82) is 0 Å². The van der Waals surface area contributed by atoms with E-state index in [1.807, 2.05) is 64.0 Å². The van der Waals surface area contributed by atoms with Gasteiger partial charge >= 0.3 is 0 Å². The van der Waals surface area contributed by atoms with Gasteiger partial charge in [-0.05, 0) is 13.0 Å². The van der Waals surface area contributed by atoms with Gasteiger partial charge in [0.05, 0.1) is 0 Å². The highest BCUT2D eigenvalue weighted by molar-refractivity contribution is 6.04. The Hall–Kier alpha value is -1.57. The summed E-state index contributed by atoms with van der Waals surface area (Å²) < 4.78 is 0. The Balaban J connectivity index is 0.00000106. The van der Waals surface area contributed by atoms with Gasteiger partial charge in [-0.3, -0.25) is 4.79 Å². The van der Waals surface area contributed by atoms with Gasteiger partial charge in [-0.2, -0.15) is 0 Å². The molecule has 2 nitrogen and oxygen atoms in total. The summed E-state index contributed by atoms with van der Waals surface area (Å²) in [6.45, 7) is 5.98. The van der Waals surface area contributed by atoms with Crippen molar-refractivity contribution >= 4 is 5.78 Å². The zero-order valence-electron chi connectivity index (χ0n) is 10.8. The van der Waals surface area contributed by atoms with E-state index >= 15 is 0 Å². The van der Waals surface area contributed by atoms with Gasteiger partial charge in [-0.1, -0.05) is 37.6 Å². The molecule has 0 heterocycles. The van der Waals surface area contributed by atoms with E-state index in [-0.39, 0.29) is 5.78 Å². The van der Waals surface area contributed by atoms with Crippen LogP contribution < -0.4 is 0 Å². The minimum absolute atomic E-state index is 0.0439. The first kappa shape index (κ1) is 14.4. The smallest absolute Gasteiger partial charge is 0.187 e. The molecule has 0 aliphatic heterocycles. The fraction of sp³-hybridized carbons (Fsp3) is 0.357. The molecule has 0 bridgehead atoms. The number of aryl methyl sites for hydroxylation is 1. The van der Waals surface area contributed by atoms with Crippen LogP contribution in [0.3, 0.4) is 0 Å². The first-order chi connectivity index (χ1) is 7.59. The van der Waals surface area contributed by atoms with Crippen LogP contribution in [0.5, 0.6) is 0 Å². The Morgan fingerprint density at radius 1 is 1.25 bits per heavy atom. The molecule has 0 aromatic heterocycles. The van der Waals surface area contributed by atoms with Gasteiger partial charge in [0.15, 0.2) is 5.78 Å². The standard InChI is InChI=1S/C12H15NO.C2H6/c1-10-5-4-6-11(9-10)12(14)7-8-13(2)3;1-2/h4-9H,1-3H3;1-2H3/b8-7+;. The monoisotopic (exact) mass is 219 g/mol. The number of allylic oxidation sites excluding steroid dienone is 1. The molecule has 0 amide bonds. The number of ketones is 1. The van der Waals surface area contributed by atoms with Crippen molar-refractivity contribution in [3.63, 3.8) is 0 Å². The fourth-order valence-electron chi connectivity index (χ4n) is 1.11. The average molecular weight is 219 g/mol. The van der Waals surface area contributed by atoms with Crippen molar-refractivity contribution in [2.75, 3.05) is 14.1 Å². The van der Waals surface area contributed by atoms with Crippen molar-refractivity contribution in [3.05, 3.63) is 47.7 Å². The highest BCUT2D eigenvalue weighted by Crippen LogP contribution is 2.05. The molecule has 16 heavy (non-hydrogen) atoms. The number of hydrogen-bond acceptors (Lipinski definition) is 2. The molecule has 1 rings (SSSR count). The van der Waals surface area contributed by atoms with Crippen LogP contribution in [0.15, 0.2) is 36.5 Å². The third-order valence-corrected chi connectivity index (χ3v) is 1.83. The summed E-state index contributed by atoms with van der Waals surface area (Å²) >= 11 is 0. The van der Waals surface area contributed by atoms with E-state index in [1.54, 1.807) is 12.3 Å². The third kappa shape index (κ3) is 5.35. The molecule has 0 aliphatic carbocycles. The van der Waals surface area contributed by atoms with E-state index < -0.39 is 0 Å². The summed E-state index contributed by atoms with van der Waals surface area (Å²) in [4.78, 5) is 13.4. The molecule has 0 unspecified atom stereocenters. The van der Waals surface area contributed by atoms with Gasteiger partial charge in [0.25, 0.3) is 0 Å². The Bertz CT molecular complexity index is 354. The normalized spacial score (nSPS) is 9.56. The van der Waals surface area contributed by atoms with Crippen LogP contribution in [0.25, 0.3) is 0 Å². The van der Waals surface area contributed by atoms with Crippen molar-refractivity contribution in [1.82, 2.24) is 4.90 Å². The minimum atomic E-state index is 0.0439. The summed E-state index contributed by atoms with van der Waals surface area (Å²) in [6, 6.07) is 7.59. The predicted molar refractivity (Wildman–Crippen MR) is 69.7 cm³/mol. The lowest BCUT2D eigenvalue weighted by Gasteiger charge is -2.03. The van der Waals surface area contributed by atoms with Crippen LogP contribution >= 0.6 is 0 Å². The largest absolute Gasteiger partial charge is 0.383 e. The first-order valence-corrected chi connectivity index (χ1v) is 5.55. The van der Waals surface area contributed by atoms with Crippen LogP contribution in [0.4, 0.5) is 0 Å². The second kappa shape index (κ2) is 7.69. The van der Waals surface area contributed by atoms with Gasteiger partial charge in [-0.25, -0.2) is 0 Å². The van der Waals surface area contributed by atoms with Crippen LogP contribution in [0.2, 0.25) is 0 Å². The highest BCUT2D eigenvalue weighted by Gasteiger charge is 2.00. The molecule has 0 saturated heterocycles. The summed E-state index contributed by atoms with van der Waals surface area (Å²) in [5.74, 6) is 0.0439. The quantitative estimate of drug-likeness (QED) is 0.574. The van der Waals surface area contributed by atoms with Gasteiger partial charge in [0, 0.05) is 31.9 Å². The van der Waals surface area contributed by atoms with Crippen LogP contribution in [0.1, 0.15) is 29.8 Å². The summed E-state index contributed by atoms with van der Waals surface area (Å²) in [5, 5.41) is 0. The van der Waals surface area contributed by atoms with Gasteiger partial charge in [-0.15, -0.1) is 0 Å². The van der Waals surface area contributed by atoms with E-state index in [9.17, 15) is 4.79 Å². The second-order valence-electron chi connectivity index (χ2n) is 3.51. The van der Waals surface area contributed by atoms with Gasteiger partial charge in [0.1, 0.15) is 0 Å². The lowest BCUT2D eigenvalue weighted by atomic mass is 10.1. The van der Waals surface area contributed by atoms with E-state index in [2.05, 4.69) is 0 Å². The summed E-state index contributed by atoms with van der Waals surface area (Å²) in [5.41, 5.74) is 1.84. The molecule has 1 aromatic rings. The van der Waals surface area contributed by atoms with Gasteiger partial charge < -0.3 is 4.90 Å². The molecule has 2 heteroatoms. The topological polar surface area (TPSA) is 20.3 Å². The Labute approximate surface area is 98.6 Å². The van der Waals surface area contributed by atoms with Gasteiger partial charge in [0.2, 0.25) is 0 Å². The number of carbonyl (C=O) groups excluding carboxylic acids is 1. The number of nitrogens with zero attached hydrogens (tertiary/aromatic N) is 1. The maximum atomic E-state index is 11.6. The lowest BCUT2D eigenvalue weighted by Crippen LogP contribution is -2.03. The second-order valence-corrected chi connectivity index (χ2v) is 3.51. The molecule has 0 N–H and O–H groups in total. The molecule has 1 aromatic carbocycles. The number of hydrogen-bond donors (Lipinski definition) is 0. The van der Waals surface area contributed by atoms with Crippen molar-refractivity contribution in [2.24, 2.45) is 0 Å². The van der Waals surface area contributed by atoms with E-state index in [1.165, 1.54) is 0 Å². The Morgan fingerprint density at radius 2 is 1.88 bits per heavy atom. The highest BCUT2D eigenvalue weighted by atomic mass is 16.1. The Kier molecular flexibility index (Phi) is 6.93.